The Morgan fingerprint density at radius 2 is 0.923 bits per heavy atom. The summed E-state index contributed by atoms with van der Waals surface area (Å²) in [4.78, 5) is 24.5. The number of carbonyl (C=O) groups excluding carboxylic acids is 2. The molecular weight excluding hydrogens is 484 g/mol. The fourth-order valence-electron chi connectivity index (χ4n) is 5.60. The van der Waals surface area contributed by atoms with Gasteiger partial charge in [-0.1, -0.05) is 150 Å². The van der Waals surface area contributed by atoms with Crippen molar-refractivity contribution < 1.29 is 19.1 Å². The zero-order chi connectivity index (χ0) is 28.8. The summed E-state index contributed by atoms with van der Waals surface area (Å²) in [7, 11) is 0. The second-order valence-corrected chi connectivity index (χ2v) is 11.8. The maximum absolute atomic E-state index is 12.7. The number of ether oxygens (including phenoxy) is 2. The van der Waals surface area contributed by atoms with Crippen LogP contribution in [0.15, 0.2) is 0 Å². The van der Waals surface area contributed by atoms with Crippen LogP contribution in [0, 0.1) is 11.8 Å². The molecule has 232 valence electrons. The van der Waals surface area contributed by atoms with Crippen LogP contribution in [0.5, 0.6) is 0 Å². The summed E-state index contributed by atoms with van der Waals surface area (Å²) in [6.07, 6.45) is 29.3. The third kappa shape index (κ3) is 24.5. The fourth-order valence-corrected chi connectivity index (χ4v) is 5.60. The van der Waals surface area contributed by atoms with Gasteiger partial charge >= 0.3 is 11.9 Å². The molecule has 0 aliphatic rings. The molecular formula is C35H68O4. The predicted octanol–water partition coefficient (Wildman–Crippen LogP) is 11.1. The number of rotatable bonds is 30. The van der Waals surface area contributed by atoms with Crippen molar-refractivity contribution >= 4 is 11.9 Å². The molecule has 0 N–H and O–H groups in total. The molecule has 0 bridgehead atoms. The number of esters is 2. The topological polar surface area (TPSA) is 52.6 Å². The van der Waals surface area contributed by atoms with Crippen molar-refractivity contribution in [3.05, 3.63) is 0 Å². The summed E-state index contributed by atoms with van der Waals surface area (Å²) >= 11 is 0. The van der Waals surface area contributed by atoms with Crippen LogP contribution in [-0.2, 0) is 19.1 Å². The Hall–Kier alpha value is -1.06. The van der Waals surface area contributed by atoms with Crippen LogP contribution in [-0.4, -0.2) is 25.2 Å². The van der Waals surface area contributed by atoms with E-state index in [-0.39, 0.29) is 17.9 Å². The van der Waals surface area contributed by atoms with E-state index in [4.69, 9.17) is 9.47 Å². The molecule has 0 saturated carbocycles. The van der Waals surface area contributed by atoms with E-state index >= 15 is 0 Å². The second kappa shape index (κ2) is 29.9. The minimum Gasteiger partial charge on any atom is -0.466 e. The quantitative estimate of drug-likeness (QED) is 0.0656. The van der Waals surface area contributed by atoms with E-state index in [2.05, 4.69) is 27.7 Å². The average molecular weight is 553 g/mol. The van der Waals surface area contributed by atoms with Crippen LogP contribution in [0.2, 0.25) is 0 Å². The zero-order valence-corrected chi connectivity index (χ0v) is 26.9. The van der Waals surface area contributed by atoms with Crippen LogP contribution < -0.4 is 0 Å². The van der Waals surface area contributed by atoms with E-state index in [1.165, 1.54) is 109 Å². The Balaban J connectivity index is 3.67. The van der Waals surface area contributed by atoms with E-state index in [0.29, 0.717) is 25.6 Å². The molecule has 0 aromatic heterocycles. The summed E-state index contributed by atoms with van der Waals surface area (Å²) in [5.74, 6) is 0.571. The molecule has 0 fully saturated rings. The van der Waals surface area contributed by atoms with Gasteiger partial charge in [0.05, 0.1) is 19.1 Å². The predicted molar refractivity (Wildman–Crippen MR) is 167 cm³/mol. The van der Waals surface area contributed by atoms with E-state index in [1.807, 2.05) is 0 Å². The van der Waals surface area contributed by atoms with Crippen molar-refractivity contribution in [2.24, 2.45) is 11.8 Å². The van der Waals surface area contributed by atoms with E-state index in [0.717, 1.165) is 44.9 Å². The van der Waals surface area contributed by atoms with Gasteiger partial charge < -0.3 is 9.47 Å². The van der Waals surface area contributed by atoms with Gasteiger partial charge in [0.25, 0.3) is 0 Å². The molecule has 2 unspecified atom stereocenters. The molecule has 2 atom stereocenters. The van der Waals surface area contributed by atoms with Crippen molar-refractivity contribution in [1.82, 2.24) is 0 Å². The summed E-state index contributed by atoms with van der Waals surface area (Å²) in [6, 6.07) is 0. The van der Waals surface area contributed by atoms with Crippen LogP contribution in [0.25, 0.3) is 0 Å². The average Bonchev–Trinajstić information content (AvgIpc) is 2.94. The van der Waals surface area contributed by atoms with Gasteiger partial charge in [0.1, 0.15) is 0 Å². The second-order valence-electron chi connectivity index (χ2n) is 11.8. The Labute approximate surface area is 244 Å². The van der Waals surface area contributed by atoms with Crippen LogP contribution >= 0.6 is 0 Å². The lowest BCUT2D eigenvalue weighted by Crippen LogP contribution is -2.25. The van der Waals surface area contributed by atoms with Gasteiger partial charge in [-0.05, 0) is 38.0 Å². The first-order valence-corrected chi connectivity index (χ1v) is 17.4. The normalized spacial score (nSPS) is 12.8. The van der Waals surface area contributed by atoms with Crippen LogP contribution in [0.4, 0.5) is 0 Å². The number of hydrogen-bond donors (Lipinski definition) is 0. The molecule has 0 aliphatic carbocycles. The highest BCUT2D eigenvalue weighted by molar-refractivity contribution is 5.72. The molecule has 0 aliphatic heterocycles. The first-order chi connectivity index (χ1) is 19.1. The summed E-state index contributed by atoms with van der Waals surface area (Å²) in [5, 5.41) is 0. The lowest BCUT2D eigenvalue weighted by molar-refractivity contribution is -0.151. The smallest absolute Gasteiger partial charge is 0.309 e. The molecule has 0 rings (SSSR count). The van der Waals surface area contributed by atoms with Gasteiger partial charge in [-0.15, -0.1) is 0 Å². The molecule has 0 aromatic rings. The maximum Gasteiger partial charge on any atom is 0.309 e. The van der Waals surface area contributed by atoms with Crippen LogP contribution in [0.1, 0.15) is 188 Å². The number of unbranched alkanes of at least 4 members (excludes halogenated alkanes) is 18. The highest BCUT2D eigenvalue weighted by atomic mass is 16.5. The molecule has 39 heavy (non-hydrogen) atoms. The minimum atomic E-state index is -0.00896. The first kappa shape index (κ1) is 37.9. The lowest BCUT2D eigenvalue weighted by atomic mass is 9.84. The van der Waals surface area contributed by atoms with Gasteiger partial charge in [-0.25, -0.2) is 0 Å². The highest BCUT2D eigenvalue weighted by Crippen LogP contribution is 2.27. The summed E-state index contributed by atoms with van der Waals surface area (Å²) < 4.78 is 11.0. The highest BCUT2D eigenvalue weighted by Gasteiger charge is 2.26. The Bertz CT molecular complexity index is 533. The molecule has 0 radical (unpaired) electrons. The van der Waals surface area contributed by atoms with E-state index < -0.39 is 0 Å². The van der Waals surface area contributed by atoms with Gasteiger partial charge in [0.15, 0.2) is 0 Å². The summed E-state index contributed by atoms with van der Waals surface area (Å²) in [5.41, 5.74) is 0. The van der Waals surface area contributed by atoms with Gasteiger partial charge in [0, 0.05) is 6.42 Å². The van der Waals surface area contributed by atoms with E-state index in [1.54, 1.807) is 0 Å². The number of carbonyl (C=O) groups is 2. The fraction of sp³-hybridized carbons (Fsp3) is 0.943. The molecule has 0 heterocycles. The Morgan fingerprint density at radius 3 is 1.41 bits per heavy atom. The maximum atomic E-state index is 12.7. The minimum absolute atomic E-state index is 0.00896. The number of hydrogen-bond acceptors (Lipinski definition) is 4. The SMILES string of the molecule is CCCCCCCCOC(=O)CCCCCCCCCCCC(CC)C(CC)C(=O)OCCCCCCCC. The molecule has 4 nitrogen and oxygen atoms in total. The third-order valence-electron chi connectivity index (χ3n) is 8.29. The molecule has 0 saturated heterocycles. The molecule has 0 amide bonds. The third-order valence-corrected chi connectivity index (χ3v) is 8.29. The van der Waals surface area contributed by atoms with Gasteiger partial charge in [0.2, 0.25) is 0 Å². The first-order valence-electron chi connectivity index (χ1n) is 17.4. The standard InChI is InChI=1S/C35H68O4/c1-5-9-11-13-22-26-30-38-34(36)29-25-21-19-17-15-16-18-20-24-28-32(7-3)33(8-4)35(37)39-31-27-23-14-12-10-6-2/h32-33H,5-31H2,1-4H3. The van der Waals surface area contributed by atoms with Gasteiger partial charge in [-0.3, -0.25) is 9.59 Å². The lowest BCUT2D eigenvalue weighted by Gasteiger charge is -2.23. The molecule has 0 spiro atoms. The van der Waals surface area contributed by atoms with Crippen molar-refractivity contribution in [3.63, 3.8) is 0 Å². The molecule has 0 aromatic carbocycles. The monoisotopic (exact) mass is 553 g/mol. The van der Waals surface area contributed by atoms with E-state index in [9.17, 15) is 9.59 Å². The zero-order valence-electron chi connectivity index (χ0n) is 26.9. The van der Waals surface area contributed by atoms with Crippen molar-refractivity contribution in [1.29, 1.82) is 0 Å². The van der Waals surface area contributed by atoms with Crippen molar-refractivity contribution in [3.8, 4) is 0 Å². The Kier molecular flexibility index (Phi) is 29.1. The molecule has 4 heteroatoms. The largest absolute Gasteiger partial charge is 0.466 e. The van der Waals surface area contributed by atoms with Crippen molar-refractivity contribution in [2.75, 3.05) is 13.2 Å². The van der Waals surface area contributed by atoms with Crippen LogP contribution in [0.3, 0.4) is 0 Å². The Morgan fingerprint density at radius 1 is 0.487 bits per heavy atom. The van der Waals surface area contributed by atoms with Crippen molar-refractivity contribution in [2.45, 2.75) is 188 Å². The van der Waals surface area contributed by atoms with Gasteiger partial charge in [-0.2, -0.15) is 0 Å². The summed E-state index contributed by atoms with van der Waals surface area (Å²) in [6.45, 7) is 10.0.